The molecule has 0 saturated heterocycles. The lowest BCUT2D eigenvalue weighted by molar-refractivity contribution is 0.177. The van der Waals surface area contributed by atoms with Gasteiger partial charge in [0.2, 0.25) is 0 Å². The summed E-state index contributed by atoms with van der Waals surface area (Å²) < 4.78 is 5.10. The van der Waals surface area contributed by atoms with E-state index in [1.165, 1.54) is 0 Å². The molecule has 2 aromatic rings. The molecule has 0 fully saturated rings. The number of nitrogens with one attached hydrogen (secondary N) is 1. The Labute approximate surface area is 113 Å². The van der Waals surface area contributed by atoms with Gasteiger partial charge in [0, 0.05) is 38.5 Å². The summed E-state index contributed by atoms with van der Waals surface area (Å²) in [6, 6.07) is 5.94. The van der Waals surface area contributed by atoms with Crippen molar-refractivity contribution >= 4 is 5.82 Å². The van der Waals surface area contributed by atoms with Gasteiger partial charge < -0.3 is 10.1 Å². The van der Waals surface area contributed by atoms with Crippen LogP contribution in [-0.2, 0) is 17.8 Å². The topological polar surface area (TPSA) is 59.9 Å². The number of rotatable bonds is 6. The fraction of sp³-hybridized carbons (Fsp3) is 0.357. The zero-order chi connectivity index (χ0) is 13.5. The van der Waals surface area contributed by atoms with Gasteiger partial charge in [-0.05, 0) is 18.6 Å². The number of methoxy groups -OCH3 is 1. The maximum Gasteiger partial charge on any atom is 0.156 e. The van der Waals surface area contributed by atoms with Crippen LogP contribution in [-0.4, -0.2) is 28.6 Å². The summed E-state index contributed by atoms with van der Waals surface area (Å²) in [4.78, 5) is 13.0. The standard InChI is InChI=1S/C14H18N4O/c1-3-16-13-8-12(17-14(18-13)10-19-2)7-11-5-4-6-15-9-11/h4-6,8-9H,3,7,10H2,1-2H3,(H,16,17,18). The largest absolute Gasteiger partial charge is 0.377 e. The van der Waals surface area contributed by atoms with Gasteiger partial charge in [-0.2, -0.15) is 0 Å². The van der Waals surface area contributed by atoms with Crippen LogP contribution < -0.4 is 5.32 Å². The monoisotopic (exact) mass is 258 g/mol. The Morgan fingerprint density at radius 3 is 2.89 bits per heavy atom. The minimum Gasteiger partial charge on any atom is -0.377 e. The molecule has 0 atom stereocenters. The zero-order valence-corrected chi connectivity index (χ0v) is 11.3. The van der Waals surface area contributed by atoms with Crippen LogP contribution >= 0.6 is 0 Å². The number of hydrogen-bond acceptors (Lipinski definition) is 5. The first-order chi connectivity index (χ1) is 9.31. The van der Waals surface area contributed by atoms with Gasteiger partial charge in [-0.1, -0.05) is 6.07 Å². The van der Waals surface area contributed by atoms with Crippen molar-refractivity contribution in [3.63, 3.8) is 0 Å². The van der Waals surface area contributed by atoms with Crippen molar-refractivity contribution in [1.82, 2.24) is 15.0 Å². The van der Waals surface area contributed by atoms with E-state index in [-0.39, 0.29) is 0 Å². The average molecular weight is 258 g/mol. The van der Waals surface area contributed by atoms with E-state index in [0.717, 1.165) is 30.0 Å². The normalized spacial score (nSPS) is 10.4. The van der Waals surface area contributed by atoms with Gasteiger partial charge in [-0.3, -0.25) is 4.98 Å². The third kappa shape index (κ3) is 3.99. The molecule has 5 nitrogen and oxygen atoms in total. The van der Waals surface area contributed by atoms with Crippen molar-refractivity contribution < 1.29 is 4.74 Å². The molecule has 2 aromatic heterocycles. The smallest absolute Gasteiger partial charge is 0.156 e. The quantitative estimate of drug-likeness (QED) is 0.859. The second-order valence-corrected chi connectivity index (χ2v) is 4.16. The summed E-state index contributed by atoms with van der Waals surface area (Å²) in [6.07, 6.45) is 4.36. The highest BCUT2D eigenvalue weighted by molar-refractivity contribution is 5.37. The molecule has 0 aliphatic rings. The molecule has 0 unspecified atom stereocenters. The SMILES string of the molecule is CCNc1cc(Cc2cccnc2)nc(COC)n1. The van der Waals surface area contributed by atoms with Crippen molar-refractivity contribution in [2.75, 3.05) is 19.0 Å². The Morgan fingerprint density at radius 2 is 2.21 bits per heavy atom. The summed E-state index contributed by atoms with van der Waals surface area (Å²) in [6.45, 7) is 3.29. The van der Waals surface area contributed by atoms with Crippen molar-refractivity contribution in [1.29, 1.82) is 0 Å². The molecular weight excluding hydrogens is 240 g/mol. The lowest BCUT2D eigenvalue weighted by Gasteiger charge is -2.08. The maximum absolute atomic E-state index is 5.10. The molecular formula is C14H18N4O. The molecule has 2 heterocycles. The number of ether oxygens (including phenoxy) is 1. The molecule has 1 N–H and O–H groups in total. The maximum atomic E-state index is 5.10. The molecule has 2 rings (SSSR count). The average Bonchev–Trinajstić information content (AvgIpc) is 2.40. The second-order valence-electron chi connectivity index (χ2n) is 4.16. The first kappa shape index (κ1) is 13.4. The van der Waals surface area contributed by atoms with E-state index >= 15 is 0 Å². The van der Waals surface area contributed by atoms with Gasteiger partial charge in [0.25, 0.3) is 0 Å². The number of nitrogens with zero attached hydrogens (tertiary/aromatic N) is 3. The zero-order valence-electron chi connectivity index (χ0n) is 11.3. The summed E-state index contributed by atoms with van der Waals surface area (Å²) in [7, 11) is 1.64. The lowest BCUT2D eigenvalue weighted by atomic mass is 10.1. The first-order valence-electron chi connectivity index (χ1n) is 6.30. The summed E-state index contributed by atoms with van der Waals surface area (Å²) in [5.74, 6) is 1.53. The molecule has 0 radical (unpaired) electrons. The molecule has 0 aliphatic carbocycles. The number of pyridine rings is 1. The van der Waals surface area contributed by atoms with Crippen molar-refractivity contribution in [3.8, 4) is 0 Å². The highest BCUT2D eigenvalue weighted by atomic mass is 16.5. The summed E-state index contributed by atoms with van der Waals surface area (Å²) >= 11 is 0. The Morgan fingerprint density at radius 1 is 1.32 bits per heavy atom. The number of anilines is 1. The van der Waals surface area contributed by atoms with E-state index in [9.17, 15) is 0 Å². The predicted octanol–water partition coefficient (Wildman–Crippen LogP) is 2.04. The Bertz CT molecular complexity index is 492. The molecule has 5 heteroatoms. The molecule has 0 aromatic carbocycles. The molecule has 100 valence electrons. The van der Waals surface area contributed by atoms with Crippen LogP contribution in [0.5, 0.6) is 0 Å². The fourth-order valence-electron chi connectivity index (χ4n) is 1.82. The predicted molar refractivity (Wildman–Crippen MR) is 74.0 cm³/mol. The minimum absolute atomic E-state index is 0.416. The Balaban J connectivity index is 2.23. The summed E-state index contributed by atoms with van der Waals surface area (Å²) in [5, 5.41) is 3.21. The van der Waals surface area contributed by atoms with Crippen LogP contribution in [0.3, 0.4) is 0 Å². The van der Waals surface area contributed by atoms with Gasteiger partial charge in [-0.25, -0.2) is 9.97 Å². The van der Waals surface area contributed by atoms with Crippen LogP contribution in [0.2, 0.25) is 0 Å². The van der Waals surface area contributed by atoms with E-state index in [1.54, 1.807) is 13.3 Å². The van der Waals surface area contributed by atoms with E-state index in [4.69, 9.17) is 4.74 Å². The van der Waals surface area contributed by atoms with Gasteiger partial charge >= 0.3 is 0 Å². The first-order valence-corrected chi connectivity index (χ1v) is 6.30. The van der Waals surface area contributed by atoms with Gasteiger partial charge in [-0.15, -0.1) is 0 Å². The van der Waals surface area contributed by atoms with Crippen LogP contribution in [0.25, 0.3) is 0 Å². The van der Waals surface area contributed by atoms with Gasteiger partial charge in [0.1, 0.15) is 12.4 Å². The third-order valence-corrected chi connectivity index (χ3v) is 2.56. The molecule has 0 saturated carbocycles. The van der Waals surface area contributed by atoms with E-state index < -0.39 is 0 Å². The van der Waals surface area contributed by atoms with Crippen molar-refractivity contribution in [2.45, 2.75) is 20.0 Å². The third-order valence-electron chi connectivity index (χ3n) is 2.56. The molecule has 19 heavy (non-hydrogen) atoms. The van der Waals surface area contributed by atoms with Gasteiger partial charge in [0.05, 0.1) is 5.69 Å². The van der Waals surface area contributed by atoms with E-state index in [0.29, 0.717) is 12.4 Å². The minimum atomic E-state index is 0.416. The Kier molecular flexibility index (Phi) is 4.80. The number of hydrogen-bond donors (Lipinski definition) is 1. The van der Waals surface area contributed by atoms with Crippen LogP contribution in [0.4, 0.5) is 5.82 Å². The fourth-order valence-corrected chi connectivity index (χ4v) is 1.82. The highest BCUT2D eigenvalue weighted by Crippen LogP contribution is 2.11. The van der Waals surface area contributed by atoms with Gasteiger partial charge in [0.15, 0.2) is 5.82 Å². The van der Waals surface area contributed by atoms with Crippen LogP contribution in [0.1, 0.15) is 24.0 Å². The second kappa shape index (κ2) is 6.80. The molecule has 0 amide bonds. The van der Waals surface area contributed by atoms with Crippen LogP contribution in [0.15, 0.2) is 30.6 Å². The lowest BCUT2D eigenvalue weighted by Crippen LogP contribution is -2.07. The summed E-state index contributed by atoms with van der Waals surface area (Å²) in [5.41, 5.74) is 2.10. The van der Waals surface area contributed by atoms with E-state index in [1.807, 2.05) is 31.3 Å². The van der Waals surface area contributed by atoms with Crippen molar-refractivity contribution in [2.24, 2.45) is 0 Å². The van der Waals surface area contributed by atoms with Crippen molar-refractivity contribution in [3.05, 3.63) is 47.7 Å². The van der Waals surface area contributed by atoms with Crippen LogP contribution in [0, 0.1) is 0 Å². The molecule has 0 bridgehead atoms. The highest BCUT2D eigenvalue weighted by Gasteiger charge is 2.05. The molecule has 0 aliphatic heterocycles. The molecule has 0 spiro atoms. The van der Waals surface area contributed by atoms with E-state index in [2.05, 4.69) is 20.3 Å². The number of aromatic nitrogens is 3. The Hall–Kier alpha value is -2.01.